The minimum absolute atomic E-state index is 0.440. The van der Waals surface area contributed by atoms with Crippen LogP contribution in [0.2, 0.25) is 5.02 Å². The minimum Gasteiger partial charge on any atom is -0.461 e. The Labute approximate surface area is 114 Å². The van der Waals surface area contributed by atoms with E-state index in [1.807, 2.05) is 24.3 Å². The van der Waals surface area contributed by atoms with Gasteiger partial charge in [0.1, 0.15) is 0 Å². The van der Waals surface area contributed by atoms with Gasteiger partial charge in [-0.1, -0.05) is 16.8 Å². The molecule has 2 heterocycles. The largest absolute Gasteiger partial charge is 0.461 e. The average molecular weight is 276 g/mol. The van der Waals surface area contributed by atoms with Gasteiger partial charge >= 0.3 is 0 Å². The van der Waals surface area contributed by atoms with E-state index in [2.05, 4.69) is 15.5 Å². The van der Waals surface area contributed by atoms with Crippen LogP contribution in [0.3, 0.4) is 0 Å². The Morgan fingerprint density at radius 3 is 2.74 bits per heavy atom. The van der Waals surface area contributed by atoms with Crippen LogP contribution in [-0.2, 0) is 6.54 Å². The highest BCUT2D eigenvalue weighted by molar-refractivity contribution is 6.30. The highest BCUT2D eigenvalue weighted by Crippen LogP contribution is 2.17. The molecule has 5 nitrogen and oxygen atoms in total. The Balaban J connectivity index is 1.66. The second-order valence-electron chi connectivity index (χ2n) is 3.85. The summed E-state index contributed by atoms with van der Waals surface area (Å²) in [5, 5.41) is 7.70. The van der Waals surface area contributed by atoms with Crippen molar-refractivity contribution in [3.05, 3.63) is 53.6 Å². The lowest BCUT2D eigenvalue weighted by atomic mass is 10.3. The number of hydrogen-bond acceptors (Lipinski definition) is 5. The minimum atomic E-state index is 0.440. The number of hydrogen-bond donors (Lipinski definition) is 1. The third kappa shape index (κ3) is 2.77. The van der Waals surface area contributed by atoms with E-state index in [-0.39, 0.29) is 0 Å². The van der Waals surface area contributed by atoms with Crippen LogP contribution in [0.15, 0.2) is 51.6 Å². The molecule has 0 atom stereocenters. The van der Waals surface area contributed by atoms with Crippen molar-refractivity contribution in [2.24, 2.45) is 0 Å². The fourth-order valence-corrected chi connectivity index (χ4v) is 1.70. The fourth-order valence-electron chi connectivity index (χ4n) is 1.58. The fraction of sp³-hybridized carbons (Fsp3) is 0.0769. The molecule has 2 aromatic heterocycles. The molecule has 1 aromatic carbocycles. The molecular formula is C13H10ClN3O2. The van der Waals surface area contributed by atoms with Gasteiger partial charge < -0.3 is 14.3 Å². The third-order valence-corrected chi connectivity index (χ3v) is 2.75. The van der Waals surface area contributed by atoms with Crippen molar-refractivity contribution < 1.29 is 8.94 Å². The summed E-state index contributed by atoms with van der Waals surface area (Å²) in [6, 6.07) is 10.9. The first-order valence-corrected chi connectivity index (χ1v) is 6.05. The van der Waals surface area contributed by atoms with Gasteiger partial charge in [0.2, 0.25) is 11.7 Å². The topological polar surface area (TPSA) is 64.1 Å². The van der Waals surface area contributed by atoms with E-state index in [1.165, 1.54) is 0 Å². The monoisotopic (exact) mass is 275 g/mol. The average Bonchev–Trinajstić information content (AvgIpc) is 3.09. The number of aromatic nitrogens is 2. The van der Waals surface area contributed by atoms with Crippen molar-refractivity contribution in [2.75, 3.05) is 5.32 Å². The van der Waals surface area contributed by atoms with Crippen molar-refractivity contribution in [2.45, 2.75) is 6.54 Å². The maximum atomic E-state index is 5.81. The first-order valence-electron chi connectivity index (χ1n) is 5.67. The van der Waals surface area contributed by atoms with E-state index in [0.717, 1.165) is 5.69 Å². The number of furan rings is 1. The highest BCUT2D eigenvalue weighted by Gasteiger charge is 2.10. The number of nitrogens with one attached hydrogen (secondary N) is 1. The van der Waals surface area contributed by atoms with Gasteiger partial charge in [0.25, 0.3) is 0 Å². The summed E-state index contributed by atoms with van der Waals surface area (Å²) < 4.78 is 10.3. The lowest BCUT2D eigenvalue weighted by molar-refractivity contribution is 0.382. The Kier molecular flexibility index (Phi) is 3.20. The summed E-state index contributed by atoms with van der Waals surface area (Å²) in [4.78, 5) is 4.23. The maximum absolute atomic E-state index is 5.81. The van der Waals surface area contributed by atoms with Gasteiger partial charge in [-0.2, -0.15) is 4.98 Å². The van der Waals surface area contributed by atoms with Crippen LogP contribution in [0.5, 0.6) is 0 Å². The van der Waals surface area contributed by atoms with Crippen LogP contribution in [0.25, 0.3) is 11.6 Å². The number of nitrogens with zero attached hydrogens (tertiary/aromatic N) is 2. The Bertz CT molecular complexity index is 647. The van der Waals surface area contributed by atoms with Crippen LogP contribution >= 0.6 is 11.6 Å². The van der Waals surface area contributed by atoms with E-state index in [9.17, 15) is 0 Å². The first-order chi connectivity index (χ1) is 9.31. The van der Waals surface area contributed by atoms with Gasteiger partial charge in [0, 0.05) is 10.7 Å². The molecule has 0 bridgehead atoms. The summed E-state index contributed by atoms with van der Waals surface area (Å²) in [5.41, 5.74) is 0.933. The van der Waals surface area contributed by atoms with Crippen LogP contribution < -0.4 is 5.32 Å². The van der Waals surface area contributed by atoms with Gasteiger partial charge in [-0.15, -0.1) is 0 Å². The zero-order valence-electron chi connectivity index (χ0n) is 9.84. The predicted octanol–water partition coefficient (Wildman–Crippen LogP) is 3.60. The maximum Gasteiger partial charge on any atom is 0.246 e. The Morgan fingerprint density at radius 2 is 2.00 bits per heavy atom. The van der Waals surface area contributed by atoms with Crippen molar-refractivity contribution in [3.63, 3.8) is 0 Å². The van der Waals surface area contributed by atoms with Crippen LogP contribution in [0, 0.1) is 0 Å². The molecule has 3 rings (SSSR count). The molecule has 0 aliphatic heterocycles. The number of benzene rings is 1. The van der Waals surface area contributed by atoms with Gasteiger partial charge in [-0.05, 0) is 36.4 Å². The first kappa shape index (κ1) is 11.8. The molecule has 96 valence electrons. The standard InChI is InChI=1S/C13H10ClN3O2/c14-9-3-5-10(6-4-9)15-8-12-16-13(17-19-12)11-2-1-7-18-11/h1-7,15H,8H2. The lowest BCUT2D eigenvalue weighted by Gasteiger charge is -2.02. The molecule has 0 aliphatic rings. The summed E-state index contributed by atoms with van der Waals surface area (Å²) in [6.45, 7) is 0.440. The van der Waals surface area contributed by atoms with Crippen LogP contribution in [0.1, 0.15) is 5.89 Å². The number of rotatable bonds is 4. The Hall–Kier alpha value is -2.27. The van der Waals surface area contributed by atoms with E-state index in [4.69, 9.17) is 20.5 Å². The molecule has 0 aliphatic carbocycles. The second kappa shape index (κ2) is 5.16. The molecule has 0 radical (unpaired) electrons. The van der Waals surface area contributed by atoms with Gasteiger partial charge in [0.15, 0.2) is 5.76 Å². The smallest absolute Gasteiger partial charge is 0.246 e. The molecule has 0 spiro atoms. The van der Waals surface area contributed by atoms with Crippen LogP contribution in [-0.4, -0.2) is 10.1 Å². The number of halogens is 1. The molecule has 6 heteroatoms. The van der Waals surface area contributed by atoms with Crippen molar-refractivity contribution in [3.8, 4) is 11.6 Å². The molecule has 0 amide bonds. The summed E-state index contributed by atoms with van der Waals surface area (Å²) in [6.07, 6.45) is 1.57. The molecule has 19 heavy (non-hydrogen) atoms. The van der Waals surface area contributed by atoms with Crippen molar-refractivity contribution in [1.82, 2.24) is 10.1 Å². The number of anilines is 1. The molecule has 0 fully saturated rings. The predicted molar refractivity (Wildman–Crippen MR) is 70.8 cm³/mol. The van der Waals surface area contributed by atoms with Crippen molar-refractivity contribution >= 4 is 17.3 Å². The zero-order valence-corrected chi connectivity index (χ0v) is 10.6. The zero-order chi connectivity index (χ0) is 13.1. The third-order valence-electron chi connectivity index (χ3n) is 2.50. The lowest BCUT2D eigenvalue weighted by Crippen LogP contribution is -1.99. The van der Waals surface area contributed by atoms with E-state index >= 15 is 0 Å². The summed E-state index contributed by atoms with van der Waals surface area (Å²) in [7, 11) is 0. The molecule has 0 unspecified atom stereocenters. The van der Waals surface area contributed by atoms with E-state index in [0.29, 0.717) is 29.0 Å². The van der Waals surface area contributed by atoms with Gasteiger partial charge in [-0.25, -0.2) is 0 Å². The van der Waals surface area contributed by atoms with Crippen LogP contribution in [0.4, 0.5) is 5.69 Å². The van der Waals surface area contributed by atoms with Gasteiger partial charge in [-0.3, -0.25) is 0 Å². The quantitative estimate of drug-likeness (QED) is 0.788. The molecule has 1 N–H and O–H groups in total. The Morgan fingerprint density at radius 1 is 1.16 bits per heavy atom. The second-order valence-corrected chi connectivity index (χ2v) is 4.29. The summed E-state index contributed by atoms with van der Waals surface area (Å²) >= 11 is 5.81. The molecule has 3 aromatic rings. The van der Waals surface area contributed by atoms with E-state index < -0.39 is 0 Å². The highest BCUT2D eigenvalue weighted by atomic mass is 35.5. The molecule has 0 saturated heterocycles. The molecule has 0 saturated carbocycles. The summed E-state index contributed by atoms with van der Waals surface area (Å²) in [5.74, 6) is 1.51. The van der Waals surface area contributed by atoms with Crippen molar-refractivity contribution in [1.29, 1.82) is 0 Å². The van der Waals surface area contributed by atoms with Gasteiger partial charge in [0.05, 0.1) is 12.8 Å². The SMILES string of the molecule is Clc1ccc(NCc2nc(-c3ccco3)no2)cc1. The normalized spacial score (nSPS) is 10.6. The van der Waals surface area contributed by atoms with E-state index in [1.54, 1.807) is 18.4 Å². The molecular weight excluding hydrogens is 266 g/mol.